The van der Waals surface area contributed by atoms with Crippen LogP contribution in [0.3, 0.4) is 0 Å². The van der Waals surface area contributed by atoms with Crippen LogP contribution < -0.4 is 0 Å². The lowest BCUT2D eigenvalue weighted by molar-refractivity contribution is -0.0412. The molecule has 0 amide bonds. The van der Waals surface area contributed by atoms with Gasteiger partial charge in [-0.05, 0) is 30.1 Å². The summed E-state index contributed by atoms with van der Waals surface area (Å²) in [5.74, 6) is 1.46. The zero-order valence-corrected chi connectivity index (χ0v) is 8.20. The Kier molecular flexibility index (Phi) is 3.13. The minimum absolute atomic E-state index is 0.218. The molecular weight excluding hydrogens is 152 g/mol. The summed E-state index contributed by atoms with van der Waals surface area (Å²) in [4.78, 5) is 0. The maximum Gasteiger partial charge on any atom is 0.0597 e. The Labute approximate surface area is 74.6 Å². The van der Waals surface area contributed by atoms with Crippen molar-refractivity contribution in [3.63, 3.8) is 0 Å². The third-order valence-electron chi connectivity index (χ3n) is 3.63. The van der Waals surface area contributed by atoms with Crippen molar-refractivity contribution in [3.8, 4) is 0 Å². The van der Waals surface area contributed by atoms with Gasteiger partial charge in [0.2, 0.25) is 0 Å². The number of aliphatic hydroxyl groups is 2. The zero-order chi connectivity index (χ0) is 9.30. The van der Waals surface area contributed by atoms with Crippen molar-refractivity contribution in [1.29, 1.82) is 0 Å². The third kappa shape index (κ3) is 1.64. The van der Waals surface area contributed by atoms with E-state index in [0.29, 0.717) is 17.8 Å². The Morgan fingerprint density at radius 3 is 2.25 bits per heavy atom. The molecule has 0 saturated heterocycles. The van der Waals surface area contributed by atoms with E-state index < -0.39 is 0 Å². The van der Waals surface area contributed by atoms with Crippen LogP contribution in [0.15, 0.2) is 0 Å². The Balaban J connectivity index is 2.63. The first-order valence-electron chi connectivity index (χ1n) is 4.86. The van der Waals surface area contributed by atoms with Crippen LogP contribution in [0.2, 0.25) is 0 Å². The summed E-state index contributed by atoms with van der Waals surface area (Å²) >= 11 is 0. The van der Waals surface area contributed by atoms with E-state index >= 15 is 0 Å². The van der Waals surface area contributed by atoms with Gasteiger partial charge in [-0.15, -0.1) is 0 Å². The lowest BCUT2D eigenvalue weighted by atomic mass is 9.68. The van der Waals surface area contributed by atoms with Gasteiger partial charge in [0.25, 0.3) is 0 Å². The molecule has 0 bridgehead atoms. The van der Waals surface area contributed by atoms with Crippen molar-refractivity contribution < 1.29 is 10.2 Å². The van der Waals surface area contributed by atoms with Gasteiger partial charge in [-0.1, -0.05) is 20.8 Å². The van der Waals surface area contributed by atoms with Crippen LogP contribution in [0.25, 0.3) is 0 Å². The highest BCUT2D eigenvalue weighted by molar-refractivity contribution is 4.86. The lowest BCUT2D eigenvalue weighted by Crippen LogP contribution is -2.41. The van der Waals surface area contributed by atoms with Gasteiger partial charge in [-0.25, -0.2) is 0 Å². The predicted molar refractivity (Wildman–Crippen MR) is 48.7 cm³/mol. The van der Waals surface area contributed by atoms with Gasteiger partial charge in [-0.3, -0.25) is 0 Å². The molecule has 2 heteroatoms. The molecule has 0 aromatic carbocycles. The van der Waals surface area contributed by atoms with Crippen LogP contribution in [0.1, 0.15) is 27.2 Å². The monoisotopic (exact) mass is 172 g/mol. The first-order valence-corrected chi connectivity index (χ1v) is 4.86. The smallest absolute Gasteiger partial charge is 0.0597 e. The highest BCUT2D eigenvalue weighted by Crippen LogP contribution is 2.37. The molecule has 1 aliphatic rings. The van der Waals surface area contributed by atoms with Gasteiger partial charge in [0.1, 0.15) is 0 Å². The van der Waals surface area contributed by atoms with Crippen LogP contribution in [0.4, 0.5) is 0 Å². The number of rotatable bonds is 1. The molecule has 0 radical (unpaired) electrons. The molecule has 0 aromatic heterocycles. The molecule has 5 atom stereocenters. The van der Waals surface area contributed by atoms with E-state index in [1.165, 1.54) is 0 Å². The van der Waals surface area contributed by atoms with Crippen molar-refractivity contribution in [3.05, 3.63) is 0 Å². The SMILES string of the molecule is CC1C[C@H](CO)[C@H](C)[C@H](O)C1C. The van der Waals surface area contributed by atoms with Crippen LogP contribution in [-0.2, 0) is 0 Å². The van der Waals surface area contributed by atoms with E-state index in [2.05, 4.69) is 13.8 Å². The van der Waals surface area contributed by atoms with Gasteiger partial charge < -0.3 is 10.2 Å². The first-order chi connectivity index (χ1) is 5.57. The van der Waals surface area contributed by atoms with E-state index in [-0.39, 0.29) is 18.6 Å². The second-order valence-corrected chi connectivity index (χ2v) is 4.36. The number of hydrogen-bond donors (Lipinski definition) is 2. The molecule has 12 heavy (non-hydrogen) atoms. The average Bonchev–Trinajstić information content (AvgIpc) is 2.08. The summed E-state index contributed by atoms with van der Waals surface area (Å²) in [5, 5.41) is 18.9. The average molecular weight is 172 g/mol. The van der Waals surface area contributed by atoms with Gasteiger partial charge in [-0.2, -0.15) is 0 Å². The summed E-state index contributed by atoms with van der Waals surface area (Å²) in [7, 11) is 0. The summed E-state index contributed by atoms with van der Waals surface area (Å²) in [6.45, 7) is 6.51. The molecule has 2 nitrogen and oxygen atoms in total. The Morgan fingerprint density at radius 1 is 1.17 bits per heavy atom. The minimum Gasteiger partial charge on any atom is -0.396 e. The van der Waals surface area contributed by atoms with Crippen LogP contribution in [0, 0.1) is 23.7 Å². The van der Waals surface area contributed by atoms with E-state index in [1.54, 1.807) is 0 Å². The van der Waals surface area contributed by atoms with E-state index in [4.69, 9.17) is 5.11 Å². The molecule has 2 N–H and O–H groups in total. The molecule has 1 fully saturated rings. The van der Waals surface area contributed by atoms with Crippen LogP contribution in [0.5, 0.6) is 0 Å². The highest BCUT2D eigenvalue weighted by atomic mass is 16.3. The largest absolute Gasteiger partial charge is 0.396 e. The fourth-order valence-corrected chi connectivity index (χ4v) is 2.24. The van der Waals surface area contributed by atoms with Crippen molar-refractivity contribution >= 4 is 0 Å². The minimum atomic E-state index is -0.231. The number of hydrogen-bond acceptors (Lipinski definition) is 2. The van der Waals surface area contributed by atoms with E-state index in [9.17, 15) is 5.11 Å². The van der Waals surface area contributed by atoms with Crippen molar-refractivity contribution in [2.45, 2.75) is 33.3 Å². The first kappa shape index (κ1) is 10.0. The maximum atomic E-state index is 9.81. The van der Waals surface area contributed by atoms with Gasteiger partial charge in [0, 0.05) is 6.61 Å². The second-order valence-electron chi connectivity index (χ2n) is 4.36. The fraction of sp³-hybridized carbons (Fsp3) is 1.00. The van der Waals surface area contributed by atoms with Crippen molar-refractivity contribution in [2.24, 2.45) is 23.7 Å². The summed E-state index contributed by atoms with van der Waals surface area (Å²) in [6, 6.07) is 0. The standard InChI is InChI=1S/C10H20O2/c1-6-4-9(5-11)8(3)10(12)7(6)2/h6-12H,4-5H2,1-3H3/t6?,7?,8-,9+,10+/m0/s1. The molecule has 0 aliphatic heterocycles. The zero-order valence-electron chi connectivity index (χ0n) is 8.20. The quantitative estimate of drug-likeness (QED) is 0.625. The topological polar surface area (TPSA) is 40.5 Å². The summed E-state index contributed by atoms with van der Waals surface area (Å²) < 4.78 is 0. The molecule has 72 valence electrons. The van der Waals surface area contributed by atoms with Crippen molar-refractivity contribution in [1.82, 2.24) is 0 Å². The van der Waals surface area contributed by atoms with E-state index in [0.717, 1.165) is 6.42 Å². The van der Waals surface area contributed by atoms with Crippen LogP contribution in [-0.4, -0.2) is 22.9 Å². The molecular formula is C10H20O2. The molecule has 1 rings (SSSR count). The normalized spacial score (nSPS) is 49.2. The highest BCUT2D eigenvalue weighted by Gasteiger charge is 2.36. The molecule has 0 spiro atoms. The summed E-state index contributed by atoms with van der Waals surface area (Å²) in [6.07, 6.45) is 0.821. The van der Waals surface area contributed by atoms with Gasteiger partial charge in [0.05, 0.1) is 6.10 Å². The Hall–Kier alpha value is -0.0800. The van der Waals surface area contributed by atoms with Gasteiger partial charge in [0.15, 0.2) is 0 Å². The van der Waals surface area contributed by atoms with Crippen LogP contribution >= 0.6 is 0 Å². The molecule has 1 saturated carbocycles. The molecule has 1 aliphatic carbocycles. The Bertz CT molecular complexity index is 142. The number of aliphatic hydroxyl groups excluding tert-OH is 2. The fourth-order valence-electron chi connectivity index (χ4n) is 2.24. The second kappa shape index (κ2) is 3.75. The molecule has 0 aromatic rings. The van der Waals surface area contributed by atoms with Gasteiger partial charge >= 0.3 is 0 Å². The van der Waals surface area contributed by atoms with Crippen molar-refractivity contribution in [2.75, 3.05) is 6.61 Å². The predicted octanol–water partition coefficient (Wildman–Crippen LogP) is 1.27. The maximum absolute atomic E-state index is 9.81. The Morgan fingerprint density at radius 2 is 1.75 bits per heavy atom. The third-order valence-corrected chi connectivity index (χ3v) is 3.63. The lowest BCUT2D eigenvalue weighted by Gasteiger charge is -2.40. The molecule has 2 unspecified atom stereocenters. The van der Waals surface area contributed by atoms with E-state index in [1.807, 2.05) is 6.92 Å². The molecule has 0 heterocycles. The summed E-state index contributed by atoms with van der Waals surface area (Å²) in [5.41, 5.74) is 0.